The molecular weight excluding hydrogens is 412 g/mol. The molecule has 0 saturated carbocycles. The zero-order valence-corrected chi connectivity index (χ0v) is 17.8. The van der Waals surface area contributed by atoms with E-state index in [9.17, 15) is 14.7 Å². The summed E-state index contributed by atoms with van der Waals surface area (Å²) in [5, 5.41) is 16.2. The standard InChI is InChI=1S/C23H24N4O5/c1-31-18-5-3-4-15(10-18)20(12-22(28)29)27-9-8-26(23(27)30)17-6-7-19(21(11-17)32-2)16-13-24-25-14-16/h3-7,10-11,13-14,20H,8-9,12H2,1-2H3,(H,24,25)(H,28,29). The molecule has 1 atom stereocenters. The van der Waals surface area contributed by atoms with Gasteiger partial charge in [0.2, 0.25) is 0 Å². The summed E-state index contributed by atoms with van der Waals surface area (Å²) in [6, 6.07) is 11.8. The summed E-state index contributed by atoms with van der Waals surface area (Å²) in [7, 11) is 3.13. The minimum Gasteiger partial charge on any atom is -0.497 e. The predicted octanol–water partition coefficient (Wildman–Crippen LogP) is 3.55. The van der Waals surface area contributed by atoms with E-state index in [1.165, 1.54) is 0 Å². The quantitative estimate of drug-likeness (QED) is 0.559. The summed E-state index contributed by atoms with van der Waals surface area (Å²) in [5.74, 6) is 0.251. The Morgan fingerprint density at radius 3 is 2.72 bits per heavy atom. The number of methoxy groups -OCH3 is 2. The van der Waals surface area contributed by atoms with Crippen molar-refractivity contribution in [2.45, 2.75) is 12.5 Å². The molecule has 32 heavy (non-hydrogen) atoms. The van der Waals surface area contributed by atoms with Crippen LogP contribution in [0.15, 0.2) is 54.9 Å². The lowest BCUT2D eigenvalue weighted by Gasteiger charge is -2.27. The van der Waals surface area contributed by atoms with Crippen molar-refractivity contribution in [2.75, 3.05) is 32.2 Å². The van der Waals surface area contributed by atoms with Crippen LogP contribution in [-0.4, -0.2) is 59.5 Å². The van der Waals surface area contributed by atoms with Gasteiger partial charge in [0.05, 0.1) is 32.9 Å². The molecular formula is C23H24N4O5. The van der Waals surface area contributed by atoms with Gasteiger partial charge in [0.1, 0.15) is 11.5 Å². The van der Waals surface area contributed by atoms with Gasteiger partial charge in [-0.2, -0.15) is 5.10 Å². The molecule has 2 amide bonds. The van der Waals surface area contributed by atoms with Crippen LogP contribution >= 0.6 is 0 Å². The number of nitrogens with zero attached hydrogens (tertiary/aromatic N) is 3. The highest BCUT2D eigenvalue weighted by molar-refractivity contribution is 5.95. The third-order valence-corrected chi connectivity index (χ3v) is 5.57. The molecule has 4 rings (SSSR count). The van der Waals surface area contributed by atoms with Gasteiger partial charge in [-0.15, -0.1) is 0 Å². The fourth-order valence-corrected chi connectivity index (χ4v) is 3.99. The second-order valence-corrected chi connectivity index (χ2v) is 7.39. The largest absolute Gasteiger partial charge is 0.497 e. The number of aromatic amines is 1. The minimum absolute atomic E-state index is 0.199. The molecule has 0 radical (unpaired) electrons. The van der Waals surface area contributed by atoms with Crippen LogP contribution in [0.3, 0.4) is 0 Å². The van der Waals surface area contributed by atoms with Crippen molar-refractivity contribution in [3.05, 3.63) is 60.4 Å². The van der Waals surface area contributed by atoms with E-state index < -0.39 is 12.0 Å². The molecule has 2 N–H and O–H groups in total. The lowest BCUT2D eigenvalue weighted by molar-refractivity contribution is -0.138. The van der Waals surface area contributed by atoms with E-state index in [1.807, 2.05) is 24.3 Å². The number of carbonyl (C=O) groups excluding carboxylic acids is 1. The molecule has 3 aromatic rings. The first kappa shape index (κ1) is 21.2. The van der Waals surface area contributed by atoms with Gasteiger partial charge >= 0.3 is 12.0 Å². The highest BCUT2D eigenvalue weighted by Crippen LogP contribution is 2.36. The van der Waals surface area contributed by atoms with Gasteiger partial charge in [0.25, 0.3) is 0 Å². The number of carboxylic acid groups (broad SMARTS) is 1. The predicted molar refractivity (Wildman–Crippen MR) is 118 cm³/mol. The van der Waals surface area contributed by atoms with E-state index in [0.717, 1.165) is 16.7 Å². The molecule has 9 nitrogen and oxygen atoms in total. The van der Waals surface area contributed by atoms with Crippen molar-refractivity contribution in [3.63, 3.8) is 0 Å². The van der Waals surface area contributed by atoms with Crippen LogP contribution < -0.4 is 14.4 Å². The number of amides is 2. The van der Waals surface area contributed by atoms with E-state index in [0.29, 0.717) is 30.3 Å². The molecule has 1 aliphatic heterocycles. The summed E-state index contributed by atoms with van der Waals surface area (Å²) in [4.78, 5) is 28.2. The Bertz CT molecular complexity index is 1120. The number of hydrogen-bond donors (Lipinski definition) is 2. The van der Waals surface area contributed by atoms with Crippen LogP contribution in [0.2, 0.25) is 0 Å². The number of ether oxygens (including phenoxy) is 2. The normalized spacial score (nSPS) is 14.5. The highest BCUT2D eigenvalue weighted by atomic mass is 16.5. The van der Waals surface area contributed by atoms with Gasteiger partial charge in [-0.1, -0.05) is 12.1 Å². The summed E-state index contributed by atoms with van der Waals surface area (Å²) in [5.41, 5.74) is 3.13. The van der Waals surface area contributed by atoms with Crippen LogP contribution in [0.25, 0.3) is 11.1 Å². The molecule has 1 fully saturated rings. The fraction of sp³-hybridized carbons (Fsp3) is 0.261. The van der Waals surface area contributed by atoms with Crippen molar-refractivity contribution in [2.24, 2.45) is 0 Å². The molecule has 1 aliphatic rings. The third kappa shape index (κ3) is 4.09. The van der Waals surface area contributed by atoms with E-state index in [-0.39, 0.29) is 12.5 Å². The second-order valence-electron chi connectivity index (χ2n) is 7.39. The Hall–Kier alpha value is -4.01. The summed E-state index contributed by atoms with van der Waals surface area (Å²) < 4.78 is 10.8. The molecule has 1 unspecified atom stereocenters. The van der Waals surface area contributed by atoms with Gasteiger partial charge < -0.3 is 19.5 Å². The number of H-pyrrole nitrogens is 1. The Balaban J connectivity index is 1.62. The maximum absolute atomic E-state index is 13.3. The molecule has 0 aliphatic carbocycles. The number of carbonyl (C=O) groups is 2. The topological polar surface area (TPSA) is 108 Å². The molecule has 2 aromatic carbocycles. The molecule has 1 saturated heterocycles. The Morgan fingerprint density at radius 2 is 2.03 bits per heavy atom. The van der Waals surface area contributed by atoms with E-state index in [2.05, 4.69) is 10.2 Å². The number of anilines is 1. The van der Waals surface area contributed by atoms with Crippen LogP contribution in [0.5, 0.6) is 11.5 Å². The van der Waals surface area contributed by atoms with Crippen LogP contribution in [0.1, 0.15) is 18.0 Å². The average Bonchev–Trinajstić information content (AvgIpc) is 3.47. The summed E-state index contributed by atoms with van der Waals surface area (Å²) in [6.45, 7) is 0.840. The van der Waals surface area contributed by atoms with E-state index >= 15 is 0 Å². The fourth-order valence-electron chi connectivity index (χ4n) is 3.99. The maximum Gasteiger partial charge on any atom is 0.325 e. The molecule has 0 spiro atoms. The minimum atomic E-state index is -0.977. The summed E-state index contributed by atoms with van der Waals surface area (Å²) >= 11 is 0. The first-order chi connectivity index (χ1) is 15.5. The van der Waals surface area contributed by atoms with Crippen molar-refractivity contribution in [3.8, 4) is 22.6 Å². The Kier molecular flexibility index (Phi) is 5.98. The molecule has 9 heteroatoms. The van der Waals surface area contributed by atoms with Crippen molar-refractivity contribution >= 4 is 17.7 Å². The number of hydrogen-bond acceptors (Lipinski definition) is 5. The average molecular weight is 436 g/mol. The molecule has 1 aromatic heterocycles. The van der Waals surface area contributed by atoms with E-state index in [4.69, 9.17) is 9.47 Å². The lowest BCUT2D eigenvalue weighted by atomic mass is 10.0. The SMILES string of the molecule is COc1cccc(C(CC(=O)O)N2CCN(c3ccc(-c4cn[nH]c4)c(OC)c3)C2=O)c1. The zero-order chi connectivity index (χ0) is 22.7. The Labute approximate surface area is 185 Å². The van der Waals surface area contributed by atoms with Crippen LogP contribution in [0.4, 0.5) is 10.5 Å². The number of aromatic nitrogens is 2. The third-order valence-electron chi connectivity index (χ3n) is 5.57. The second kappa shape index (κ2) is 9.01. The number of urea groups is 1. The number of nitrogens with one attached hydrogen (secondary N) is 1. The van der Waals surface area contributed by atoms with Crippen LogP contribution in [0, 0.1) is 0 Å². The molecule has 0 bridgehead atoms. The van der Waals surface area contributed by atoms with Crippen LogP contribution in [-0.2, 0) is 4.79 Å². The smallest absolute Gasteiger partial charge is 0.325 e. The van der Waals surface area contributed by atoms with Gasteiger partial charge in [-0.25, -0.2) is 4.79 Å². The van der Waals surface area contributed by atoms with Gasteiger partial charge in [-0.05, 0) is 29.8 Å². The first-order valence-electron chi connectivity index (χ1n) is 10.1. The summed E-state index contributed by atoms with van der Waals surface area (Å²) in [6.07, 6.45) is 3.27. The van der Waals surface area contributed by atoms with Gasteiger partial charge in [-0.3, -0.25) is 14.8 Å². The van der Waals surface area contributed by atoms with Crippen molar-refractivity contribution < 1.29 is 24.2 Å². The number of benzene rings is 2. The monoisotopic (exact) mass is 436 g/mol. The lowest BCUT2D eigenvalue weighted by Crippen LogP contribution is -2.35. The first-order valence-corrected chi connectivity index (χ1v) is 10.1. The van der Waals surface area contributed by atoms with Gasteiger partial charge in [0, 0.05) is 42.2 Å². The van der Waals surface area contributed by atoms with Gasteiger partial charge in [0.15, 0.2) is 0 Å². The number of aliphatic carboxylic acids is 1. The van der Waals surface area contributed by atoms with Crippen molar-refractivity contribution in [1.82, 2.24) is 15.1 Å². The van der Waals surface area contributed by atoms with E-state index in [1.54, 1.807) is 54.6 Å². The highest BCUT2D eigenvalue weighted by Gasteiger charge is 2.36. The zero-order valence-electron chi connectivity index (χ0n) is 17.8. The maximum atomic E-state index is 13.3. The number of rotatable bonds is 8. The van der Waals surface area contributed by atoms with Crippen molar-refractivity contribution in [1.29, 1.82) is 0 Å². The Morgan fingerprint density at radius 1 is 1.19 bits per heavy atom. The number of carboxylic acids is 1. The molecule has 2 heterocycles. The molecule has 166 valence electrons.